The average Bonchev–Trinajstić information content (AvgIpc) is 2.35. The highest BCUT2D eigenvalue weighted by atomic mass is 16.5. The van der Waals surface area contributed by atoms with Crippen molar-refractivity contribution in [3.05, 3.63) is 23.8 Å². The van der Waals surface area contributed by atoms with Crippen molar-refractivity contribution in [2.75, 3.05) is 12.8 Å². The average molecular weight is 236 g/mol. The largest absolute Gasteiger partial charge is 0.494 e. The molecule has 0 aliphatic heterocycles. The second-order valence-electron chi connectivity index (χ2n) is 3.91. The van der Waals surface area contributed by atoms with Crippen LogP contribution in [0.2, 0.25) is 0 Å². The highest BCUT2D eigenvalue weighted by molar-refractivity contribution is 5.98. The number of ether oxygens (including phenoxy) is 1. The zero-order valence-electron chi connectivity index (χ0n) is 10.6. The van der Waals surface area contributed by atoms with Gasteiger partial charge < -0.3 is 15.8 Å². The Morgan fingerprint density at radius 3 is 2.59 bits per heavy atom. The van der Waals surface area contributed by atoms with Gasteiger partial charge >= 0.3 is 0 Å². The zero-order valence-corrected chi connectivity index (χ0v) is 10.6. The maximum atomic E-state index is 12.1. The third kappa shape index (κ3) is 3.12. The first-order valence-corrected chi connectivity index (χ1v) is 5.87. The Balaban J connectivity index is 2.92. The monoisotopic (exact) mass is 236 g/mol. The molecular formula is C13H20N2O2. The Morgan fingerprint density at radius 1 is 1.41 bits per heavy atom. The molecule has 0 saturated heterocycles. The van der Waals surface area contributed by atoms with E-state index in [2.05, 4.69) is 5.32 Å². The van der Waals surface area contributed by atoms with Crippen LogP contribution in [-0.2, 0) is 0 Å². The second kappa shape index (κ2) is 6.13. The molecule has 1 aromatic rings. The lowest BCUT2D eigenvalue weighted by Gasteiger charge is -2.16. The highest BCUT2D eigenvalue weighted by Gasteiger charge is 2.16. The number of hydrogen-bond donors (Lipinski definition) is 2. The number of carbonyl (C=O) groups excluding carboxylic acids is 1. The number of rotatable bonds is 5. The molecular weight excluding hydrogens is 216 g/mol. The minimum absolute atomic E-state index is 0.136. The number of methoxy groups -OCH3 is 1. The van der Waals surface area contributed by atoms with Gasteiger partial charge in [-0.25, -0.2) is 0 Å². The summed E-state index contributed by atoms with van der Waals surface area (Å²) in [7, 11) is 1.51. The first-order valence-electron chi connectivity index (χ1n) is 5.87. The first kappa shape index (κ1) is 13.4. The molecule has 1 aromatic carbocycles. The van der Waals surface area contributed by atoms with Gasteiger partial charge in [0.25, 0.3) is 5.91 Å². The molecule has 0 saturated carbocycles. The van der Waals surface area contributed by atoms with E-state index in [9.17, 15) is 4.79 Å². The summed E-state index contributed by atoms with van der Waals surface area (Å²) in [5.41, 5.74) is 6.72. The van der Waals surface area contributed by atoms with Crippen molar-refractivity contribution in [1.29, 1.82) is 0 Å². The van der Waals surface area contributed by atoms with Crippen molar-refractivity contribution in [1.82, 2.24) is 5.32 Å². The zero-order chi connectivity index (χ0) is 12.8. The summed E-state index contributed by atoms with van der Waals surface area (Å²) in [4.78, 5) is 12.1. The van der Waals surface area contributed by atoms with Crippen LogP contribution >= 0.6 is 0 Å². The fraction of sp³-hybridized carbons (Fsp3) is 0.462. The molecule has 0 spiro atoms. The van der Waals surface area contributed by atoms with E-state index in [1.807, 2.05) is 13.8 Å². The number of nitrogen functional groups attached to an aromatic ring is 1. The van der Waals surface area contributed by atoms with Gasteiger partial charge in [0.05, 0.1) is 18.4 Å². The van der Waals surface area contributed by atoms with Crippen LogP contribution in [0.15, 0.2) is 18.2 Å². The summed E-state index contributed by atoms with van der Waals surface area (Å²) in [5.74, 6) is 0.304. The molecule has 0 fully saturated rings. The molecule has 0 aliphatic rings. The Labute approximate surface area is 102 Å². The Bertz CT molecular complexity index is 387. The number of carbonyl (C=O) groups is 1. The molecule has 4 nitrogen and oxygen atoms in total. The molecule has 0 bridgehead atoms. The quantitative estimate of drug-likeness (QED) is 0.770. The maximum Gasteiger partial charge on any atom is 0.255 e. The van der Waals surface area contributed by atoms with Gasteiger partial charge in [-0.1, -0.05) is 19.9 Å². The molecule has 0 unspecified atom stereocenters. The van der Waals surface area contributed by atoms with Crippen molar-refractivity contribution in [2.24, 2.45) is 0 Å². The second-order valence-corrected chi connectivity index (χ2v) is 3.91. The first-order chi connectivity index (χ1) is 8.13. The van der Waals surface area contributed by atoms with E-state index in [4.69, 9.17) is 10.5 Å². The van der Waals surface area contributed by atoms with E-state index in [1.54, 1.807) is 18.2 Å². The van der Waals surface area contributed by atoms with Gasteiger partial charge in [0, 0.05) is 6.04 Å². The molecule has 0 heterocycles. The third-order valence-electron chi connectivity index (χ3n) is 2.82. The number of nitrogens with one attached hydrogen (secondary N) is 1. The topological polar surface area (TPSA) is 64.4 Å². The Kier molecular flexibility index (Phi) is 4.82. The standard InChI is InChI=1S/C13H20N2O2/c1-4-9(5-2)15-13(16)10-7-6-8-11(14)12(10)17-3/h6-9H,4-5,14H2,1-3H3,(H,15,16). The van der Waals surface area contributed by atoms with Crippen molar-refractivity contribution in [2.45, 2.75) is 32.7 Å². The minimum Gasteiger partial charge on any atom is -0.494 e. The van der Waals surface area contributed by atoms with Gasteiger partial charge in [-0.3, -0.25) is 4.79 Å². The predicted octanol–water partition coefficient (Wildman–Crippen LogP) is 2.20. The summed E-state index contributed by atoms with van der Waals surface area (Å²) < 4.78 is 5.16. The highest BCUT2D eigenvalue weighted by Crippen LogP contribution is 2.25. The SMILES string of the molecule is CCC(CC)NC(=O)c1cccc(N)c1OC. The summed E-state index contributed by atoms with van der Waals surface area (Å²) in [6.45, 7) is 4.09. The summed E-state index contributed by atoms with van der Waals surface area (Å²) >= 11 is 0. The van der Waals surface area contributed by atoms with Gasteiger partial charge in [-0.2, -0.15) is 0 Å². The number of anilines is 1. The lowest BCUT2D eigenvalue weighted by molar-refractivity contribution is 0.0932. The van der Waals surface area contributed by atoms with E-state index >= 15 is 0 Å². The lowest BCUT2D eigenvalue weighted by atomic mass is 10.1. The molecule has 4 heteroatoms. The lowest BCUT2D eigenvalue weighted by Crippen LogP contribution is -2.34. The van der Waals surface area contributed by atoms with Gasteiger partial charge in [-0.05, 0) is 25.0 Å². The third-order valence-corrected chi connectivity index (χ3v) is 2.82. The van der Waals surface area contributed by atoms with Crippen LogP contribution in [0.5, 0.6) is 5.75 Å². The summed E-state index contributed by atoms with van der Waals surface area (Å²) in [6, 6.07) is 5.37. The van der Waals surface area contributed by atoms with Gasteiger partial charge in [0.2, 0.25) is 0 Å². The molecule has 1 rings (SSSR count). The van der Waals surface area contributed by atoms with Crippen LogP contribution in [0, 0.1) is 0 Å². The van der Waals surface area contributed by atoms with Crippen LogP contribution in [0.25, 0.3) is 0 Å². The summed E-state index contributed by atoms with van der Waals surface area (Å²) in [5, 5.41) is 2.96. The molecule has 0 aliphatic carbocycles. The van der Waals surface area contributed by atoms with Gasteiger partial charge in [0.15, 0.2) is 5.75 Å². The van der Waals surface area contributed by atoms with Crippen molar-refractivity contribution in [3.8, 4) is 5.75 Å². The van der Waals surface area contributed by atoms with Crippen LogP contribution in [0.4, 0.5) is 5.69 Å². The number of hydrogen-bond acceptors (Lipinski definition) is 3. The van der Waals surface area contributed by atoms with Crippen LogP contribution in [0.1, 0.15) is 37.0 Å². The fourth-order valence-corrected chi connectivity index (χ4v) is 1.72. The van der Waals surface area contributed by atoms with Crippen LogP contribution < -0.4 is 15.8 Å². The van der Waals surface area contributed by atoms with Crippen LogP contribution in [-0.4, -0.2) is 19.1 Å². The smallest absolute Gasteiger partial charge is 0.255 e. The Hall–Kier alpha value is -1.71. The fourth-order valence-electron chi connectivity index (χ4n) is 1.72. The van der Waals surface area contributed by atoms with Gasteiger partial charge in [0.1, 0.15) is 0 Å². The van der Waals surface area contributed by atoms with E-state index in [1.165, 1.54) is 7.11 Å². The maximum absolute atomic E-state index is 12.1. The van der Waals surface area contributed by atoms with Gasteiger partial charge in [-0.15, -0.1) is 0 Å². The molecule has 0 atom stereocenters. The molecule has 0 aromatic heterocycles. The number of benzene rings is 1. The minimum atomic E-state index is -0.136. The van der Waals surface area contributed by atoms with Crippen LogP contribution in [0.3, 0.4) is 0 Å². The molecule has 1 amide bonds. The molecule has 3 N–H and O–H groups in total. The normalized spacial score (nSPS) is 10.4. The number of nitrogens with two attached hydrogens (primary N) is 1. The van der Waals surface area contributed by atoms with Crippen molar-refractivity contribution >= 4 is 11.6 Å². The van der Waals surface area contributed by atoms with E-state index in [-0.39, 0.29) is 11.9 Å². The molecule has 0 radical (unpaired) electrons. The van der Waals surface area contributed by atoms with E-state index in [0.717, 1.165) is 12.8 Å². The number of amides is 1. The van der Waals surface area contributed by atoms with Crippen molar-refractivity contribution in [3.63, 3.8) is 0 Å². The molecule has 94 valence electrons. The molecule has 17 heavy (non-hydrogen) atoms. The van der Waals surface area contributed by atoms with E-state index in [0.29, 0.717) is 17.0 Å². The van der Waals surface area contributed by atoms with Crippen molar-refractivity contribution < 1.29 is 9.53 Å². The number of para-hydroxylation sites is 1. The Morgan fingerprint density at radius 2 is 2.06 bits per heavy atom. The predicted molar refractivity (Wildman–Crippen MR) is 69.2 cm³/mol. The van der Waals surface area contributed by atoms with E-state index < -0.39 is 0 Å². The summed E-state index contributed by atoms with van der Waals surface area (Å²) in [6.07, 6.45) is 1.82.